The molecule has 2 aromatic rings. The van der Waals surface area contributed by atoms with Crippen molar-refractivity contribution >= 4 is 34.6 Å². The normalized spacial score (nSPS) is 14.6. The first-order chi connectivity index (χ1) is 8.18. The van der Waals surface area contributed by atoms with E-state index in [-0.39, 0.29) is 11.5 Å². The molecule has 4 N–H and O–H groups in total. The third-order valence-corrected chi connectivity index (χ3v) is 3.54. The number of aromatic amines is 1. The van der Waals surface area contributed by atoms with Crippen LogP contribution < -0.4 is 4.72 Å². The molecule has 2 heterocycles. The Labute approximate surface area is 100 Å². The molecule has 0 amide bonds. The minimum Gasteiger partial charge on any atom is -0.504 e. The first kappa shape index (κ1) is 10.1. The predicted octanol–water partition coefficient (Wildman–Crippen LogP) is 2.09. The van der Waals surface area contributed by atoms with Crippen LogP contribution in [0.15, 0.2) is 34.9 Å². The number of benzene rings is 1. The lowest BCUT2D eigenvalue weighted by atomic mass is 10.2. The van der Waals surface area contributed by atoms with Gasteiger partial charge in [-0.3, -0.25) is 0 Å². The van der Waals surface area contributed by atoms with E-state index in [9.17, 15) is 9.90 Å². The number of aromatic nitrogens is 1. The Hall–Kier alpha value is -2.08. The zero-order valence-electron chi connectivity index (χ0n) is 8.52. The summed E-state index contributed by atoms with van der Waals surface area (Å²) in [5.74, 6) is -1.44. The number of H-pyrrole nitrogens is 1. The first-order valence-corrected chi connectivity index (χ1v) is 5.70. The maximum atomic E-state index is 10.9. The Morgan fingerprint density at radius 2 is 2.06 bits per heavy atom. The summed E-state index contributed by atoms with van der Waals surface area (Å²) >= 11 is 1.19. The summed E-state index contributed by atoms with van der Waals surface area (Å²) in [5, 5.41) is 19.7. The molecule has 17 heavy (non-hydrogen) atoms. The van der Waals surface area contributed by atoms with E-state index in [1.165, 1.54) is 11.9 Å². The number of hydrogen-bond donors (Lipinski definition) is 4. The maximum absolute atomic E-state index is 10.9. The summed E-state index contributed by atoms with van der Waals surface area (Å²) in [6, 6.07) is 7.56. The summed E-state index contributed by atoms with van der Waals surface area (Å²) in [4.78, 5) is 14.7. The van der Waals surface area contributed by atoms with Crippen molar-refractivity contribution in [3.8, 4) is 0 Å². The van der Waals surface area contributed by atoms with E-state index in [4.69, 9.17) is 5.11 Å². The van der Waals surface area contributed by atoms with E-state index < -0.39 is 5.97 Å². The second kappa shape index (κ2) is 3.46. The number of carboxylic acids is 1. The molecule has 0 unspecified atom stereocenters. The van der Waals surface area contributed by atoms with Crippen molar-refractivity contribution in [2.24, 2.45) is 0 Å². The number of para-hydroxylation sites is 1. The number of carbonyl (C=O) groups is 1. The van der Waals surface area contributed by atoms with E-state index >= 15 is 0 Å². The highest BCUT2D eigenvalue weighted by atomic mass is 32.2. The third kappa shape index (κ3) is 1.38. The molecule has 0 saturated heterocycles. The lowest BCUT2D eigenvalue weighted by molar-refractivity contribution is -0.132. The molecule has 0 atom stereocenters. The fourth-order valence-electron chi connectivity index (χ4n) is 1.81. The molecule has 0 bridgehead atoms. The van der Waals surface area contributed by atoms with Crippen molar-refractivity contribution in [2.45, 2.75) is 4.90 Å². The highest BCUT2D eigenvalue weighted by molar-refractivity contribution is 7.98. The van der Waals surface area contributed by atoms with Crippen molar-refractivity contribution in [2.75, 3.05) is 0 Å². The molecular formula is C11H8N2O3S. The molecule has 86 valence electrons. The standard InChI is InChI=1S/C11H8N2O3S/c14-9-7-10(17-13-8(9)11(15)16)5-3-1-2-4-6(5)12-7/h1-4,12-14H,(H,15,16). The summed E-state index contributed by atoms with van der Waals surface area (Å²) in [7, 11) is 0. The third-order valence-electron chi connectivity index (χ3n) is 2.60. The average Bonchev–Trinajstić information content (AvgIpc) is 2.69. The Bertz CT molecular complexity index is 660. The molecular weight excluding hydrogens is 240 g/mol. The van der Waals surface area contributed by atoms with Gasteiger partial charge >= 0.3 is 5.97 Å². The fourth-order valence-corrected chi connectivity index (χ4v) is 2.74. The van der Waals surface area contributed by atoms with Crippen LogP contribution in [0.5, 0.6) is 0 Å². The smallest absolute Gasteiger partial charge is 0.356 e. The molecule has 1 aliphatic rings. The van der Waals surface area contributed by atoms with Gasteiger partial charge in [-0.05, 0) is 18.0 Å². The van der Waals surface area contributed by atoms with Gasteiger partial charge in [0.1, 0.15) is 0 Å². The minimum atomic E-state index is -1.18. The van der Waals surface area contributed by atoms with E-state index in [0.29, 0.717) is 5.69 Å². The highest BCUT2D eigenvalue weighted by Gasteiger charge is 2.26. The maximum Gasteiger partial charge on any atom is 0.356 e. The molecule has 0 saturated carbocycles. The van der Waals surface area contributed by atoms with Crippen LogP contribution in [0.2, 0.25) is 0 Å². The summed E-state index contributed by atoms with van der Waals surface area (Å²) in [6.07, 6.45) is 0. The zero-order valence-corrected chi connectivity index (χ0v) is 9.34. The zero-order chi connectivity index (χ0) is 12.0. The van der Waals surface area contributed by atoms with Gasteiger partial charge in [-0.1, -0.05) is 18.2 Å². The van der Waals surface area contributed by atoms with Gasteiger partial charge in [-0.2, -0.15) is 0 Å². The van der Waals surface area contributed by atoms with Gasteiger partial charge in [0.25, 0.3) is 0 Å². The van der Waals surface area contributed by atoms with Crippen LogP contribution in [0.25, 0.3) is 16.7 Å². The van der Waals surface area contributed by atoms with Crippen LogP contribution in [0.3, 0.4) is 0 Å². The number of aliphatic carboxylic acids is 1. The van der Waals surface area contributed by atoms with E-state index in [1.807, 2.05) is 24.3 Å². The number of rotatable bonds is 1. The number of nitrogens with one attached hydrogen (secondary N) is 2. The van der Waals surface area contributed by atoms with Crippen molar-refractivity contribution < 1.29 is 15.0 Å². The fraction of sp³-hybridized carbons (Fsp3) is 0. The Balaban J connectivity index is 2.30. The largest absolute Gasteiger partial charge is 0.504 e. The summed E-state index contributed by atoms with van der Waals surface area (Å²) in [5.41, 5.74) is 1.12. The van der Waals surface area contributed by atoms with Crippen LogP contribution in [-0.4, -0.2) is 21.2 Å². The number of aliphatic hydroxyl groups excluding tert-OH is 1. The monoisotopic (exact) mass is 248 g/mol. The van der Waals surface area contributed by atoms with E-state index in [0.717, 1.165) is 15.8 Å². The molecule has 1 aromatic carbocycles. The number of carboxylic acid groups (broad SMARTS) is 1. The molecule has 1 aromatic heterocycles. The SMILES string of the molecule is O=C(O)C1=C(O)c2[nH]c3ccccc3c2SN1. The average molecular weight is 248 g/mol. The molecule has 0 radical (unpaired) electrons. The molecule has 0 fully saturated rings. The van der Waals surface area contributed by atoms with Crippen molar-refractivity contribution in [1.29, 1.82) is 0 Å². The van der Waals surface area contributed by atoms with Crippen LogP contribution in [0, 0.1) is 0 Å². The molecule has 0 aliphatic carbocycles. The lowest BCUT2D eigenvalue weighted by Crippen LogP contribution is -2.19. The summed E-state index contributed by atoms with van der Waals surface area (Å²) in [6.45, 7) is 0. The topological polar surface area (TPSA) is 85.3 Å². The van der Waals surface area contributed by atoms with Gasteiger partial charge in [0.2, 0.25) is 0 Å². The molecule has 0 spiro atoms. The minimum absolute atomic E-state index is 0.200. The van der Waals surface area contributed by atoms with Crippen LogP contribution in [0.1, 0.15) is 5.69 Å². The van der Waals surface area contributed by atoms with Gasteiger partial charge in [-0.25, -0.2) is 4.79 Å². The lowest BCUT2D eigenvalue weighted by Gasteiger charge is -2.14. The van der Waals surface area contributed by atoms with Crippen LogP contribution >= 0.6 is 11.9 Å². The Kier molecular flexibility index (Phi) is 2.05. The molecule has 5 nitrogen and oxygen atoms in total. The van der Waals surface area contributed by atoms with Gasteiger partial charge < -0.3 is 19.9 Å². The van der Waals surface area contributed by atoms with Gasteiger partial charge in [-0.15, -0.1) is 0 Å². The quantitative estimate of drug-likeness (QED) is 0.581. The Morgan fingerprint density at radius 3 is 2.82 bits per heavy atom. The van der Waals surface area contributed by atoms with Crippen molar-refractivity contribution in [3.05, 3.63) is 35.7 Å². The van der Waals surface area contributed by atoms with Crippen molar-refractivity contribution in [1.82, 2.24) is 9.71 Å². The van der Waals surface area contributed by atoms with Crippen LogP contribution in [0.4, 0.5) is 0 Å². The number of fused-ring (bicyclic) bond motifs is 3. The summed E-state index contributed by atoms with van der Waals surface area (Å²) < 4.78 is 2.63. The van der Waals surface area contributed by atoms with Crippen molar-refractivity contribution in [3.63, 3.8) is 0 Å². The highest BCUT2D eigenvalue weighted by Crippen LogP contribution is 2.37. The van der Waals surface area contributed by atoms with Crippen LogP contribution in [-0.2, 0) is 4.79 Å². The predicted molar refractivity (Wildman–Crippen MR) is 64.5 cm³/mol. The Morgan fingerprint density at radius 1 is 1.29 bits per heavy atom. The molecule has 3 rings (SSSR count). The first-order valence-electron chi connectivity index (χ1n) is 4.89. The van der Waals surface area contributed by atoms with Gasteiger partial charge in [0, 0.05) is 10.9 Å². The molecule has 1 aliphatic heterocycles. The van der Waals surface area contributed by atoms with Gasteiger partial charge in [0.15, 0.2) is 11.5 Å². The second-order valence-electron chi connectivity index (χ2n) is 3.61. The van der Waals surface area contributed by atoms with E-state index in [2.05, 4.69) is 9.71 Å². The second-order valence-corrected chi connectivity index (χ2v) is 4.42. The number of aliphatic hydroxyl groups is 1. The van der Waals surface area contributed by atoms with E-state index in [1.54, 1.807) is 0 Å². The molecule has 6 heteroatoms. The van der Waals surface area contributed by atoms with Gasteiger partial charge in [0.05, 0.1) is 10.6 Å². The number of hydrogen-bond acceptors (Lipinski definition) is 4.